The maximum absolute atomic E-state index is 14.1. The summed E-state index contributed by atoms with van der Waals surface area (Å²) in [6.07, 6.45) is -0.712. The number of alkyl halides is 2. The van der Waals surface area contributed by atoms with Crippen molar-refractivity contribution in [2.24, 2.45) is 0 Å². The number of hydrogen-bond acceptors (Lipinski definition) is 8. The molecule has 0 saturated heterocycles. The van der Waals surface area contributed by atoms with Crippen LogP contribution in [0.1, 0.15) is 42.4 Å². The van der Waals surface area contributed by atoms with E-state index in [0.717, 1.165) is 0 Å². The van der Waals surface area contributed by atoms with Crippen molar-refractivity contribution in [3.8, 4) is 11.6 Å². The largest absolute Gasteiger partial charge is 0.481 e. The zero-order chi connectivity index (χ0) is 31.2. The Kier molecular flexibility index (Phi) is 10.0. The molecule has 0 spiro atoms. The number of carboxylic acid groups (broad SMARTS) is 1. The maximum atomic E-state index is 14.1. The second-order valence-electron chi connectivity index (χ2n) is 9.94. The van der Waals surface area contributed by atoms with Gasteiger partial charge in [0, 0.05) is 36.3 Å². The molecule has 14 heteroatoms. The summed E-state index contributed by atoms with van der Waals surface area (Å²) in [6.45, 7) is 1.21. The monoisotopic (exact) mass is 594 g/mol. The van der Waals surface area contributed by atoms with E-state index in [1.807, 2.05) is 0 Å². The number of aromatic nitrogens is 1. The van der Waals surface area contributed by atoms with E-state index < -0.39 is 48.0 Å². The molecule has 0 unspecified atom stereocenters. The molecule has 0 aliphatic carbocycles. The number of hydrogen-bond donors (Lipinski definition) is 3. The van der Waals surface area contributed by atoms with Crippen molar-refractivity contribution < 1.29 is 46.5 Å². The number of rotatable bonds is 11. The number of nitrogens with two attached hydrogens (primary N) is 1. The van der Waals surface area contributed by atoms with Gasteiger partial charge in [-0.25, -0.2) is 23.4 Å². The van der Waals surface area contributed by atoms with Gasteiger partial charge in [0.1, 0.15) is 11.4 Å². The minimum Gasteiger partial charge on any atom is -0.481 e. The van der Waals surface area contributed by atoms with Crippen molar-refractivity contribution in [2.75, 3.05) is 24.7 Å². The highest BCUT2D eigenvalue weighted by molar-refractivity contribution is 5.95. The van der Waals surface area contributed by atoms with E-state index in [4.69, 9.17) is 15.2 Å². The van der Waals surface area contributed by atoms with Crippen LogP contribution in [-0.4, -0.2) is 52.9 Å². The van der Waals surface area contributed by atoms with Gasteiger partial charge in [0.25, 0.3) is 0 Å². The Balaban J connectivity index is 2.07. The highest BCUT2D eigenvalue weighted by Crippen LogP contribution is 2.34. The van der Waals surface area contributed by atoms with Crippen LogP contribution in [0.3, 0.4) is 0 Å². The Morgan fingerprint density at radius 1 is 1.10 bits per heavy atom. The number of aromatic carboxylic acids is 1. The number of ether oxygens (including phenoxy) is 3. The van der Waals surface area contributed by atoms with E-state index in [1.165, 1.54) is 30.2 Å². The lowest BCUT2D eigenvalue weighted by molar-refractivity contribution is -0.0507. The van der Waals surface area contributed by atoms with Gasteiger partial charge >= 0.3 is 18.7 Å². The molecule has 1 amide bonds. The van der Waals surface area contributed by atoms with Gasteiger partial charge in [0.05, 0.1) is 36.3 Å². The molecule has 0 atom stereocenters. The van der Waals surface area contributed by atoms with Crippen LogP contribution in [0.4, 0.5) is 39.4 Å². The first-order chi connectivity index (χ1) is 19.7. The zero-order valence-electron chi connectivity index (χ0n) is 23.2. The molecule has 0 saturated carbocycles. The van der Waals surface area contributed by atoms with Crippen molar-refractivity contribution >= 4 is 29.1 Å². The first-order valence-corrected chi connectivity index (χ1v) is 12.5. The standard InChI is InChI=1S/C28H30F4N4O6/c1-28(2,3)42-27(39)36(11-10-21-19(33)8-9-24(35-21)40-4)14-16-20(6-5-7-23(16)41-26(31)32)34-22-13-18(30)17(29)12-15(22)25(37)38/h5-9,12-13,26,34H,10-11,14,33H2,1-4H3,(H,37,38). The van der Waals surface area contributed by atoms with Crippen molar-refractivity contribution in [3.05, 3.63) is 70.9 Å². The number of methoxy groups -OCH3 is 1. The second kappa shape index (κ2) is 13.3. The lowest BCUT2D eigenvalue weighted by Crippen LogP contribution is -2.38. The van der Waals surface area contributed by atoms with Crippen molar-refractivity contribution in [1.29, 1.82) is 0 Å². The predicted octanol–water partition coefficient (Wildman–Crippen LogP) is 5.97. The molecule has 0 bridgehead atoms. The number of pyridine rings is 1. The molecule has 0 fully saturated rings. The fraction of sp³-hybridized carbons (Fsp3) is 0.321. The maximum Gasteiger partial charge on any atom is 0.410 e. The molecule has 3 rings (SSSR count). The van der Waals surface area contributed by atoms with Crippen molar-refractivity contribution in [1.82, 2.24) is 9.88 Å². The quantitative estimate of drug-likeness (QED) is 0.229. The molecular weight excluding hydrogens is 564 g/mol. The van der Waals surface area contributed by atoms with E-state index >= 15 is 0 Å². The number of amides is 1. The highest BCUT2D eigenvalue weighted by atomic mass is 19.3. The fourth-order valence-corrected chi connectivity index (χ4v) is 3.82. The summed E-state index contributed by atoms with van der Waals surface area (Å²) in [5.74, 6) is -4.39. The van der Waals surface area contributed by atoms with E-state index in [0.29, 0.717) is 23.5 Å². The van der Waals surface area contributed by atoms with Gasteiger partial charge < -0.3 is 35.3 Å². The number of anilines is 3. The average Bonchev–Trinajstić information content (AvgIpc) is 2.89. The topological polar surface area (TPSA) is 136 Å². The van der Waals surface area contributed by atoms with Gasteiger partial charge in [-0.1, -0.05) is 6.07 Å². The van der Waals surface area contributed by atoms with Crippen LogP contribution >= 0.6 is 0 Å². The van der Waals surface area contributed by atoms with Crippen LogP contribution in [-0.2, 0) is 17.7 Å². The molecule has 2 aromatic carbocycles. The summed E-state index contributed by atoms with van der Waals surface area (Å²) >= 11 is 0. The minimum absolute atomic E-state index is 0.0192. The summed E-state index contributed by atoms with van der Waals surface area (Å²) in [7, 11) is 1.42. The van der Waals surface area contributed by atoms with Crippen LogP contribution in [0.2, 0.25) is 0 Å². The summed E-state index contributed by atoms with van der Waals surface area (Å²) < 4.78 is 70.0. The Labute approximate surface area is 239 Å². The van der Waals surface area contributed by atoms with Crippen molar-refractivity contribution in [3.63, 3.8) is 0 Å². The van der Waals surface area contributed by atoms with E-state index in [1.54, 1.807) is 32.9 Å². The number of carboxylic acids is 1. The molecule has 10 nitrogen and oxygen atoms in total. The van der Waals surface area contributed by atoms with E-state index in [2.05, 4.69) is 15.0 Å². The Bertz CT molecular complexity index is 1450. The molecule has 4 N–H and O–H groups in total. The van der Waals surface area contributed by atoms with E-state index in [-0.39, 0.29) is 41.5 Å². The predicted molar refractivity (Wildman–Crippen MR) is 145 cm³/mol. The SMILES string of the molecule is COc1ccc(N)c(CCN(Cc2c(Nc3cc(F)c(F)cc3C(=O)O)cccc2OC(F)F)C(=O)OC(C)(C)C)n1. The van der Waals surface area contributed by atoms with E-state index in [9.17, 15) is 32.3 Å². The lowest BCUT2D eigenvalue weighted by atomic mass is 10.1. The lowest BCUT2D eigenvalue weighted by Gasteiger charge is -2.29. The van der Waals surface area contributed by atoms with Gasteiger partial charge in [-0.15, -0.1) is 0 Å². The Morgan fingerprint density at radius 3 is 2.40 bits per heavy atom. The highest BCUT2D eigenvalue weighted by Gasteiger charge is 2.26. The number of nitrogen functional groups attached to an aromatic ring is 1. The minimum atomic E-state index is -3.26. The third-order valence-corrected chi connectivity index (χ3v) is 5.72. The molecule has 226 valence electrons. The Morgan fingerprint density at radius 2 is 1.79 bits per heavy atom. The Hall–Kier alpha value is -4.75. The third-order valence-electron chi connectivity index (χ3n) is 5.72. The molecule has 42 heavy (non-hydrogen) atoms. The number of carbonyl (C=O) groups excluding carboxylic acids is 1. The smallest absolute Gasteiger partial charge is 0.410 e. The molecule has 1 heterocycles. The molecular formula is C28H30F4N4O6. The fourth-order valence-electron chi connectivity index (χ4n) is 3.82. The summed E-state index contributed by atoms with van der Waals surface area (Å²) in [5.41, 5.74) is 4.79. The van der Waals surface area contributed by atoms with Crippen LogP contribution in [0.25, 0.3) is 0 Å². The molecule has 0 aliphatic rings. The normalized spacial score (nSPS) is 11.3. The summed E-state index contributed by atoms with van der Waals surface area (Å²) in [4.78, 5) is 30.5. The first kappa shape index (κ1) is 31.8. The number of benzene rings is 2. The van der Waals surface area contributed by atoms with Crippen LogP contribution < -0.4 is 20.5 Å². The number of nitrogens with zero attached hydrogens (tertiary/aromatic N) is 2. The molecule has 3 aromatic rings. The van der Waals surface area contributed by atoms with Gasteiger partial charge in [-0.3, -0.25) is 0 Å². The van der Waals surface area contributed by atoms with Gasteiger partial charge in [-0.2, -0.15) is 8.78 Å². The van der Waals surface area contributed by atoms with Gasteiger partial charge in [0.15, 0.2) is 11.6 Å². The zero-order valence-corrected chi connectivity index (χ0v) is 23.2. The second-order valence-corrected chi connectivity index (χ2v) is 9.94. The number of carbonyl (C=O) groups is 2. The number of halogens is 4. The first-order valence-electron chi connectivity index (χ1n) is 12.5. The molecule has 0 radical (unpaired) electrons. The molecule has 0 aliphatic heterocycles. The summed E-state index contributed by atoms with van der Waals surface area (Å²) in [6, 6.07) is 8.14. The van der Waals surface area contributed by atoms with Crippen LogP contribution in [0.5, 0.6) is 11.6 Å². The summed E-state index contributed by atoms with van der Waals surface area (Å²) in [5, 5.41) is 12.2. The molecule has 1 aromatic heterocycles. The van der Waals surface area contributed by atoms with Crippen LogP contribution in [0, 0.1) is 11.6 Å². The van der Waals surface area contributed by atoms with Gasteiger partial charge in [0.2, 0.25) is 5.88 Å². The average molecular weight is 595 g/mol. The third kappa shape index (κ3) is 8.38. The van der Waals surface area contributed by atoms with Crippen molar-refractivity contribution in [2.45, 2.75) is 45.9 Å². The van der Waals surface area contributed by atoms with Crippen LogP contribution in [0.15, 0.2) is 42.5 Å². The number of nitrogens with one attached hydrogen (secondary N) is 1. The van der Waals surface area contributed by atoms with Gasteiger partial charge in [-0.05, 0) is 45.0 Å².